The highest BCUT2D eigenvalue weighted by Crippen LogP contribution is 2.15. The number of aliphatic hydroxyl groups excluding tert-OH is 2. The molecular weight excluding hydrogens is 246 g/mol. The summed E-state index contributed by atoms with van der Waals surface area (Å²) in [5.74, 6) is 0.387. The summed E-state index contributed by atoms with van der Waals surface area (Å²) in [5, 5.41) is 17.8. The highest BCUT2D eigenvalue weighted by atomic mass is 16.5. The lowest BCUT2D eigenvalue weighted by Crippen LogP contribution is -2.43. The number of ether oxygens (including phenoxy) is 1. The summed E-state index contributed by atoms with van der Waals surface area (Å²) in [6, 6.07) is 7.45. The molecule has 0 aliphatic rings. The maximum absolute atomic E-state index is 12.1. The van der Waals surface area contributed by atoms with Crippen molar-refractivity contribution in [3.63, 3.8) is 0 Å². The van der Waals surface area contributed by atoms with Gasteiger partial charge >= 0.3 is 0 Å². The fourth-order valence-corrected chi connectivity index (χ4v) is 1.77. The molecule has 0 spiro atoms. The van der Waals surface area contributed by atoms with E-state index in [-0.39, 0.29) is 32.2 Å². The number of nitrogens with zero attached hydrogens (tertiary/aromatic N) is 1. The van der Waals surface area contributed by atoms with Crippen molar-refractivity contribution in [2.75, 3.05) is 26.3 Å². The van der Waals surface area contributed by atoms with Crippen molar-refractivity contribution in [2.24, 2.45) is 0 Å². The Morgan fingerprint density at radius 3 is 2.47 bits per heavy atom. The molecule has 5 nitrogen and oxygen atoms in total. The predicted octanol–water partition coefficient (Wildman–Crippen LogP) is 0.576. The van der Waals surface area contributed by atoms with Gasteiger partial charge in [-0.2, -0.15) is 0 Å². The molecule has 2 N–H and O–H groups in total. The van der Waals surface area contributed by atoms with Crippen molar-refractivity contribution in [2.45, 2.75) is 20.0 Å². The summed E-state index contributed by atoms with van der Waals surface area (Å²) in [4.78, 5) is 13.5. The van der Waals surface area contributed by atoms with Crippen molar-refractivity contribution in [3.05, 3.63) is 29.8 Å². The minimum Gasteiger partial charge on any atom is -0.481 e. The third kappa shape index (κ3) is 4.89. The van der Waals surface area contributed by atoms with E-state index < -0.39 is 6.10 Å². The van der Waals surface area contributed by atoms with Gasteiger partial charge in [-0.1, -0.05) is 12.1 Å². The van der Waals surface area contributed by atoms with E-state index in [1.165, 1.54) is 4.90 Å². The number of rotatable bonds is 7. The molecule has 0 saturated carbocycles. The summed E-state index contributed by atoms with van der Waals surface area (Å²) in [6.45, 7) is 3.73. The average molecular weight is 267 g/mol. The SMILES string of the molecule is Cc1cccc(OC(C)C(=O)N(CCO)CCO)c1. The smallest absolute Gasteiger partial charge is 0.263 e. The minimum absolute atomic E-state index is 0.136. The number of aryl methyl sites for hydroxylation is 1. The molecule has 106 valence electrons. The summed E-state index contributed by atoms with van der Waals surface area (Å²) >= 11 is 0. The Labute approximate surface area is 113 Å². The van der Waals surface area contributed by atoms with Gasteiger partial charge < -0.3 is 19.8 Å². The highest BCUT2D eigenvalue weighted by molar-refractivity contribution is 5.80. The van der Waals surface area contributed by atoms with Crippen LogP contribution in [0.5, 0.6) is 5.75 Å². The Morgan fingerprint density at radius 1 is 1.32 bits per heavy atom. The van der Waals surface area contributed by atoms with Gasteiger partial charge in [-0.3, -0.25) is 4.79 Å². The maximum Gasteiger partial charge on any atom is 0.263 e. The van der Waals surface area contributed by atoms with Crippen LogP contribution in [0.1, 0.15) is 12.5 Å². The zero-order chi connectivity index (χ0) is 14.3. The van der Waals surface area contributed by atoms with Gasteiger partial charge in [0, 0.05) is 13.1 Å². The Balaban J connectivity index is 2.65. The van der Waals surface area contributed by atoms with Crippen LogP contribution in [0.25, 0.3) is 0 Å². The van der Waals surface area contributed by atoms with E-state index in [0.717, 1.165) is 5.56 Å². The van der Waals surface area contributed by atoms with E-state index in [2.05, 4.69) is 0 Å². The molecule has 0 heterocycles. The fourth-order valence-electron chi connectivity index (χ4n) is 1.77. The van der Waals surface area contributed by atoms with Crippen LogP contribution in [0.4, 0.5) is 0 Å². The standard InChI is InChI=1S/C14H21NO4/c1-11-4-3-5-13(10-11)19-12(2)14(18)15(6-8-16)7-9-17/h3-5,10,12,16-17H,6-9H2,1-2H3. The first-order valence-corrected chi connectivity index (χ1v) is 6.32. The number of carbonyl (C=O) groups excluding carboxylic acids is 1. The van der Waals surface area contributed by atoms with Crippen LogP contribution in [-0.4, -0.2) is 53.4 Å². The van der Waals surface area contributed by atoms with Gasteiger partial charge in [0.25, 0.3) is 5.91 Å². The summed E-state index contributed by atoms with van der Waals surface area (Å²) in [5.41, 5.74) is 1.06. The molecule has 0 aliphatic carbocycles. The number of amides is 1. The molecule has 1 aromatic rings. The minimum atomic E-state index is -0.653. The topological polar surface area (TPSA) is 70.0 Å². The van der Waals surface area contributed by atoms with E-state index in [4.69, 9.17) is 14.9 Å². The lowest BCUT2D eigenvalue weighted by Gasteiger charge is -2.24. The monoisotopic (exact) mass is 267 g/mol. The van der Waals surface area contributed by atoms with E-state index >= 15 is 0 Å². The summed E-state index contributed by atoms with van der Waals surface area (Å²) < 4.78 is 5.58. The second-order valence-corrected chi connectivity index (χ2v) is 4.35. The largest absolute Gasteiger partial charge is 0.481 e. The molecule has 1 amide bonds. The third-order valence-corrected chi connectivity index (χ3v) is 2.70. The summed E-state index contributed by atoms with van der Waals surface area (Å²) in [6.07, 6.45) is -0.653. The Hall–Kier alpha value is -1.59. The first kappa shape index (κ1) is 15.5. The van der Waals surface area contributed by atoms with Gasteiger partial charge in [0.05, 0.1) is 13.2 Å². The molecule has 1 unspecified atom stereocenters. The van der Waals surface area contributed by atoms with E-state index in [1.54, 1.807) is 13.0 Å². The van der Waals surface area contributed by atoms with Crippen molar-refractivity contribution in [1.82, 2.24) is 4.90 Å². The molecule has 0 radical (unpaired) electrons. The van der Waals surface area contributed by atoms with Crippen LogP contribution in [0.2, 0.25) is 0 Å². The molecule has 5 heteroatoms. The van der Waals surface area contributed by atoms with Crippen LogP contribution in [0.15, 0.2) is 24.3 Å². The van der Waals surface area contributed by atoms with Crippen LogP contribution in [0, 0.1) is 6.92 Å². The van der Waals surface area contributed by atoms with E-state index in [1.807, 2.05) is 25.1 Å². The first-order valence-electron chi connectivity index (χ1n) is 6.32. The van der Waals surface area contributed by atoms with Crippen molar-refractivity contribution < 1.29 is 19.7 Å². The molecule has 0 saturated heterocycles. The Kier molecular flexibility index (Phi) is 6.32. The quantitative estimate of drug-likeness (QED) is 0.758. The molecule has 19 heavy (non-hydrogen) atoms. The number of aliphatic hydroxyl groups is 2. The zero-order valence-corrected chi connectivity index (χ0v) is 11.4. The maximum atomic E-state index is 12.1. The van der Waals surface area contributed by atoms with Crippen LogP contribution >= 0.6 is 0 Å². The van der Waals surface area contributed by atoms with Crippen LogP contribution < -0.4 is 4.74 Å². The van der Waals surface area contributed by atoms with E-state index in [0.29, 0.717) is 5.75 Å². The number of hydrogen-bond donors (Lipinski definition) is 2. The molecule has 0 aliphatic heterocycles. The van der Waals surface area contributed by atoms with Crippen molar-refractivity contribution in [1.29, 1.82) is 0 Å². The van der Waals surface area contributed by atoms with Gasteiger partial charge in [0.2, 0.25) is 0 Å². The lowest BCUT2D eigenvalue weighted by atomic mass is 10.2. The molecule has 0 bridgehead atoms. The predicted molar refractivity (Wildman–Crippen MR) is 72.0 cm³/mol. The van der Waals surface area contributed by atoms with Gasteiger partial charge in [-0.05, 0) is 31.5 Å². The highest BCUT2D eigenvalue weighted by Gasteiger charge is 2.21. The first-order chi connectivity index (χ1) is 9.08. The molecule has 1 aromatic carbocycles. The zero-order valence-electron chi connectivity index (χ0n) is 11.4. The van der Waals surface area contributed by atoms with Crippen LogP contribution in [-0.2, 0) is 4.79 Å². The fraction of sp³-hybridized carbons (Fsp3) is 0.500. The van der Waals surface area contributed by atoms with E-state index in [9.17, 15) is 4.79 Å². The van der Waals surface area contributed by atoms with Crippen LogP contribution in [0.3, 0.4) is 0 Å². The molecule has 1 rings (SSSR count). The second-order valence-electron chi connectivity index (χ2n) is 4.35. The average Bonchev–Trinajstić information content (AvgIpc) is 2.37. The second kappa shape index (κ2) is 7.76. The summed E-state index contributed by atoms with van der Waals surface area (Å²) in [7, 11) is 0. The Bertz CT molecular complexity index is 402. The molecule has 1 atom stereocenters. The van der Waals surface area contributed by atoms with Crippen molar-refractivity contribution >= 4 is 5.91 Å². The normalized spacial score (nSPS) is 12.0. The van der Waals surface area contributed by atoms with Gasteiger partial charge in [0.15, 0.2) is 6.10 Å². The number of hydrogen-bond acceptors (Lipinski definition) is 4. The number of benzene rings is 1. The van der Waals surface area contributed by atoms with Gasteiger partial charge in [-0.15, -0.1) is 0 Å². The molecule has 0 aromatic heterocycles. The van der Waals surface area contributed by atoms with Crippen molar-refractivity contribution in [3.8, 4) is 5.75 Å². The van der Waals surface area contributed by atoms with Gasteiger partial charge in [0.1, 0.15) is 5.75 Å². The lowest BCUT2D eigenvalue weighted by molar-refractivity contribution is -0.139. The Morgan fingerprint density at radius 2 is 1.95 bits per heavy atom. The number of carbonyl (C=O) groups is 1. The third-order valence-electron chi connectivity index (χ3n) is 2.70. The van der Waals surface area contributed by atoms with Gasteiger partial charge in [-0.25, -0.2) is 0 Å². The molecule has 0 fully saturated rings. The molecular formula is C14H21NO4.